The van der Waals surface area contributed by atoms with Crippen molar-refractivity contribution in [3.63, 3.8) is 0 Å². The van der Waals surface area contributed by atoms with E-state index < -0.39 is 0 Å². The number of fused-ring (bicyclic) bond motifs is 1. The normalized spacial score (nSPS) is 10.3. The van der Waals surface area contributed by atoms with E-state index in [1.165, 1.54) is 6.08 Å². The molecule has 0 aliphatic heterocycles. The van der Waals surface area contributed by atoms with Crippen molar-refractivity contribution >= 4 is 34.1 Å². The van der Waals surface area contributed by atoms with Gasteiger partial charge in [0.1, 0.15) is 5.70 Å². The molecule has 2 nitrogen and oxygen atoms in total. The molecule has 0 aliphatic carbocycles. The lowest BCUT2D eigenvalue weighted by molar-refractivity contribution is 0.569. The summed E-state index contributed by atoms with van der Waals surface area (Å²) in [7, 11) is 0. The summed E-state index contributed by atoms with van der Waals surface area (Å²) in [6.45, 7) is 3.70. The number of hydrogen-bond acceptors (Lipinski definition) is 1. The van der Waals surface area contributed by atoms with E-state index in [1.54, 1.807) is 6.07 Å². The fraction of sp³-hybridized carbons (Fsp3) is 0. The van der Waals surface area contributed by atoms with Crippen molar-refractivity contribution in [2.24, 2.45) is 0 Å². The molecule has 3 rings (SSSR count). The minimum absolute atomic E-state index is 0.381. The maximum Gasteiger partial charge on any atom is 0.151 e. The van der Waals surface area contributed by atoms with Crippen molar-refractivity contribution in [3.05, 3.63) is 72.3 Å². The van der Waals surface area contributed by atoms with E-state index in [4.69, 9.17) is 11.6 Å². The number of carbonyl (C=O) groups excluding carboxylic acids is 1. The van der Waals surface area contributed by atoms with Crippen LogP contribution < -0.4 is 0 Å². The van der Waals surface area contributed by atoms with Crippen LogP contribution in [0.25, 0.3) is 27.9 Å². The summed E-state index contributed by atoms with van der Waals surface area (Å²) in [5, 5.41) is 1.63. The summed E-state index contributed by atoms with van der Waals surface area (Å²) in [6, 6.07) is 17.5. The van der Waals surface area contributed by atoms with Crippen LogP contribution in [0, 0.1) is 0 Å². The SMILES string of the molecule is C=CC(=C=O)n1c(-c2ccccc2)cc2cc(Cl)ccc21. The molecule has 0 fully saturated rings. The second-order valence-electron chi connectivity index (χ2n) is 4.63. The van der Waals surface area contributed by atoms with Crippen LogP contribution in [-0.4, -0.2) is 10.5 Å². The van der Waals surface area contributed by atoms with Gasteiger partial charge in [0, 0.05) is 10.4 Å². The Labute approximate surface area is 127 Å². The first-order valence-corrected chi connectivity index (χ1v) is 6.86. The first-order valence-electron chi connectivity index (χ1n) is 6.49. The maximum absolute atomic E-state index is 11.2. The number of aromatic nitrogens is 1. The summed E-state index contributed by atoms with van der Waals surface area (Å²) in [5.41, 5.74) is 3.20. The molecule has 3 aromatic rings. The van der Waals surface area contributed by atoms with E-state index in [-0.39, 0.29) is 0 Å². The van der Waals surface area contributed by atoms with Crippen LogP contribution in [0.3, 0.4) is 0 Å². The number of benzene rings is 2. The molecule has 0 atom stereocenters. The third-order valence-corrected chi connectivity index (χ3v) is 3.61. The smallest absolute Gasteiger partial charge is 0.151 e. The Kier molecular flexibility index (Phi) is 3.49. The van der Waals surface area contributed by atoms with Crippen molar-refractivity contribution in [2.75, 3.05) is 0 Å². The highest BCUT2D eigenvalue weighted by Crippen LogP contribution is 2.32. The highest BCUT2D eigenvalue weighted by atomic mass is 35.5. The van der Waals surface area contributed by atoms with Crippen LogP contribution in [0.15, 0.2) is 67.3 Å². The van der Waals surface area contributed by atoms with Crippen LogP contribution in [0.5, 0.6) is 0 Å². The minimum atomic E-state index is 0.381. The van der Waals surface area contributed by atoms with Crippen molar-refractivity contribution in [1.29, 1.82) is 0 Å². The molecule has 0 bridgehead atoms. The number of allylic oxidation sites excluding steroid dienone is 2. The van der Waals surface area contributed by atoms with E-state index in [0.29, 0.717) is 10.7 Å². The first-order chi connectivity index (χ1) is 10.2. The molecule has 0 amide bonds. The number of nitrogens with zero attached hydrogens (tertiary/aromatic N) is 1. The highest BCUT2D eigenvalue weighted by Gasteiger charge is 2.13. The van der Waals surface area contributed by atoms with Gasteiger partial charge in [0.05, 0.1) is 11.2 Å². The quantitative estimate of drug-likeness (QED) is 0.501. The molecule has 0 aliphatic rings. The Morgan fingerprint density at radius 1 is 1.14 bits per heavy atom. The molecule has 2 aromatic carbocycles. The van der Waals surface area contributed by atoms with Gasteiger partial charge in [-0.05, 0) is 35.9 Å². The molecule has 1 aromatic heterocycles. The van der Waals surface area contributed by atoms with Crippen molar-refractivity contribution in [2.45, 2.75) is 0 Å². The van der Waals surface area contributed by atoms with Crippen LogP contribution in [-0.2, 0) is 4.79 Å². The van der Waals surface area contributed by atoms with Gasteiger partial charge in [-0.2, -0.15) is 0 Å². The average molecular weight is 294 g/mol. The molecule has 0 spiro atoms. The molecule has 0 saturated carbocycles. The lowest BCUT2D eigenvalue weighted by Gasteiger charge is -2.09. The lowest BCUT2D eigenvalue weighted by Crippen LogP contribution is -1.97. The molecule has 1 heterocycles. The van der Waals surface area contributed by atoms with Gasteiger partial charge in [-0.3, -0.25) is 4.57 Å². The van der Waals surface area contributed by atoms with Crippen LogP contribution >= 0.6 is 11.6 Å². The summed E-state index contributed by atoms with van der Waals surface area (Å²) in [6.07, 6.45) is 1.51. The molecule has 0 radical (unpaired) electrons. The van der Waals surface area contributed by atoms with Gasteiger partial charge in [-0.25, -0.2) is 4.79 Å². The van der Waals surface area contributed by atoms with Crippen molar-refractivity contribution in [1.82, 2.24) is 4.57 Å². The fourth-order valence-corrected chi connectivity index (χ4v) is 2.63. The summed E-state index contributed by atoms with van der Waals surface area (Å²) < 4.78 is 1.85. The summed E-state index contributed by atoms with van der Waals surface area (Å²) in [4.78, 5) is 11.2. The second-order valence-corrected chi connectivity index (χ2v) is 5.06. The topological polar surface area (TPSA) is 22.0 Å². The van der Waals surface area contributed by atoms with E-state index in [9.17, 15) is 4.79 Å². The van der Waals surface area contributed by atoms with E-state index in [1.807, 2.05) is 59.0 Å². The third kappa shape index (κ3) is 2.31. The van der Waals surface area contributed by atoms with Crippen LogP contribution in [0.1, 0.15) is 0 Å². The average Bonchev–Trinajstić information content (AvgIpc) is 2.88. The number of rotatable bonds is 3. The van der Waals surface area contributed by atoms with Gasteiger partial charge in [-0.1, -0.05) is 48.5 Å². The number of hydrogen-bond donors (Lipinski definition) is 0. The monoisotopic (exact) mass is 293 g/mol. The largest absolute Gasteiger partial charge is 0.300 e. The predicted molar refractivity (Wildman–Crippen MR) is 88.0 cm³/mol. The second kappa shape index (κ2) is 5.45. The van der Waals surface area contributed by atoms with Crippen molar-refractivity contribution in [3.8, 4) is 11.3 Å². The minimum Gasteiger partial charge on any atom is -0.300 e. The molecule has 0 saturated heterocycles. The van der Waals surface area contributed by atoms with Gasteiger partial charge in [0.25, 0.3) is 0 Å². The Hall–Kier alpha value is -2.54. The number of halogens is 1. The Balaban J connectivity index is 2.40. The molecule has 0 unspecified atom stereocenters. The van der Waals surface area contributed by atoms with Gasteiger partial charge >= 0.3 is 0 Å². The van der Waals surface area contributed by atoms with Gasteiger partial charge in [-0.15, -0.1) is 0 Å². The van der Waals surface area contributed by atoms with Crippen molar-refractivity contribution < 1.29 is 4.79 Å². The molecular formula is C18H12ClNO. The van der Waals surface area contributed by atoms with Gasteiger partial charge < -0.3 is 0 Å². The standard InChI is InChI=1S/C18H12ClNO/c1-2-16(12-21)20-17-9-8-15(19)10-14(17)11-18(20)13-6-4-3-5-7-13/h2-11H,1H2. The Morgan fingerprint density at radius 2 is 1.90 bits per heavy atom. The lowest BCUT2D eigenvalue weighted by atomic mass is 10.1. The zero-order valence-corrected chi connectivity index (χ0v) is 12.0. The van der Waals surface area contributed by atoms with E-state index in [2.05, 4.69) is 6.58 Å². The Bertz CT molecular complexity index is 871. The molecule has 102 valence electrons. The third-order valence-electron chi connectivity index (χ3n) is 3.37. The maximum atomic E-state index is 11.2. The van der Waals surface area contributed by atoms with Gasteiger partial charge in [0.2, 0.25) is 0 Å². The van der Waals surface area contributed by atoms with Gasteiger partial charge in [0.15, 0.2) is 5.94 Å². The zero-order valence-electron chi connectivity index (χ0n) is 11.2. The zero-order chi connectivity index (χ0) is 14.8. The van der Waals surface area contributed by atoms with E-state index in [0.717, 1.165) is 22.2 Å². The molecule has 0 N–H and O–H groups in total. The Morgan fingerprint density at radius 3 is 2.57 bits per heavy atom. The molecule has 3 heteroatoms. The van der Waals surface area contributed by atoms with Crippen LogP contribution in [0.2, 0.25) is 5.02 Å². The molecular weight excluding hydrogens is 282 g/mol. The molecule has 21 heavy (non-hydrogen) atoms. The highest BCUT2D eigenvalue weighted by molar-refractivity contribution is 6.31. The first kappa shape index (κ1) is 13.4. The van der Waals surface area contributed by atoms with Crippen LogP contribution in [0.4, 0.5) is 0 Å². The summed E-state index contributed by atoms with van der Waals surface area (Å²) in [5.74, 6) is 1.95. The fourth-order valence-electron chi connectivity index (χ4n) is 2.45. The summed E-state index contributed by atoms with van der Waals surface area (Å²) >= 11 is 6.06. The predicted octanol–water partition coefficient (Wildman–Crippen LogP) is 4.82. The van der Waals surface area contributed by atoms with E-state index >= 15 is 0 Å².